The molecule has 0 spiro atoms. The van der Waals surface area contributed by atoms with E-state index in [0.717, 1.165) is 43.8 Å². The van der Waals surface area contributed by atoms with Crippen molar-refractivity contribution in [3.8, 4) is 17.2 Å². The highest BCUT2D eigenvalue weighted by Crippen LogP contribution is 2.59. The molecule has 10 heteroatoms. The molecule has 1 saturated carbocycles. The Hall–Kier alpha value is -3.71. The number of piperidine rings is 1. The number of fused-ring (bicyclic) bond motifs is 1. The normalized spacial score (nSPS) is 21.5. The van der Waals surface area contributed by atoms with E-state index in [9.17, 15) is 28.0 Å². The van der Waals surface area contributed by atoms with Crippen molar-refractivity contribution in [3.63, 3.8) is 0 Å². The van der Waals surface area contributed by atoms with Crippen LogP contribution in [-0.4, -0.2) is 39.1 Å². The van der Waals surface area contributed by atoms with Gasteiger partial charge in [-0.05, 0) is 55.1 Å². The first-order valence-electron chi connectivity index (χ1n) is 11.3. The maximum absolute atomic E-state index is 12.9. The Kier molecular flexibility index (Phi) is 5.60. The molecule has 3 heterocycles. The largest absolute Gasteiger partial charge is 0.416 e. The molecule has 1 N–H and O–H groups in total. The molecule has 1 aliphatic heterocycles. The van der Waals surface area contributed by atoms with Crippen LogP contribution in [0.25, 0.3) is 11.1 Å². The first-order chi connectivity index (χ1) is 16.7. The van der Waals surface area contributed by atoms with E-state index < -0.39 is 23.0 Å². The predicted octanol–water partition coefficient (Wildman–Crippen LogP) is 3.15. The zero-order valence-corrected chi connectivity index (χ0v) is 18.7. The minimum atomic E-state index is -4.34. The second kappa shape index (κ2) is 8.50. The molecule has 2 unspecified atom stereocenters. The van der Waals surface area contributed by atoms with E-state index >= 15 is 0 Å². The lowest BCUT2D eigenvalue weighted by Crippen LogP contribution is -2.32. The Morgan fingerprint density at radius 2 is 1.91 bits per heavy atom. The van der Waals surface area contributed by atoms with Crippen LogP contribution in [0.5, 0.6) is 0 Å². The summed E-state index contributed by atoms with van der Waals surface area (Å²) >= 11 is 0. The fourth-order valence-corrected chi connectivity index (χ4v) is 5.24. The highest BCUT2D eigenvalue weighted by atomic mass is 19.4. The van der Waals surface area contributed by atoms with Gasteiger partial charge < -0.3 is 4.90 Å². The van der Waals surface area contributed by atoms with Gasteiger partial charge >= 0.3 is 11.9 Å². The van der Waals surface area contributed by atoms with Crippen molar-refractivity contribution >= 4 is 0 Å². The van der Waals surface area contributed by atoms with Gasteiger partial charge in [0.1, 0.15) is 11.8 Å². The average Bonchev–Trinajstić information content (AvgIpc) is 3.41. The van der Waals surface area contributed by atoms with Crippen LogP contribution < -0.4 is 11.2 Å². The number of hydrogen-bond donors (Lipinski definition) is 1. The summed E-state index contributed by atoms with van der Waals surface area (Å²) in [4.78, 5) is 33.3. The van der Waals surface area contributed by atoms with Crippen molar-refractivity contribution in [3.05, 3.63) is 86.5 Å². The van der Waals surface area contributed by atoms with E-state index in [0.29, 0.717) is 24.4 Å². The van der Waals surface area contributed by atoms with Crippen LogP contribution in [0.3, 0.4) is 0 Å². The lowest BCUT2D eigenvalue weighted by Gasteiger charge is -2.21. The Morgan fingerprint density at radius 3 is 2.63 bits per heavy atom. The summed E-state index contributed by atoms with van der Waals surface area (Å²) in [6, 6.07) is 10.7. The number of benzene rings is 1. The molecule has 7 nitrogen and oxygen atoms in total. The third-order valence-electron chi connectivity index (χ3n) is 7.09. The minimum absolute atomic E-state index is 0.0832. The summed E-state index contributed by atoms with van der Waals surface area (Å²) < 4.78 is 40.1. The number of likely N-dealkylation sites (tertiary alicyclic amines) is 1. The van der Waals surface area contributed by atoms with Crippen LogP contribution >= 0.6 is 0 Å². The first kappa shape index (κ1) is 23.1. The number of aryl methyl sites for hydroxylation is 1. The van der Waals surface area contributed by atoms with E-state index in [1.807, 2.05) is 6.07 Å². The standard InChI is InChI=1S/C25H22F3N5O2/c26-25(27,28)17-6-4-16(5-7-17)24-11-18(24)13-32(15-24)9-2-10-33-14-20(22(34)31-23(33)35)19-3-1-8-30-21(19)12-29/h1,3-8,14,18H,2,9-11,13,15H2,(H,31,34,35). The topological polar surface area (TPSA) is 94.8 Å². The Balaban J connectivity index is 1.24. The number of H-pyrrole nitrogens is 1. The SMILES string of the molecule is N#Cc1ncccc1-c1cn(CCCN2CC3CC3(c3ccc(C(F)(F)F)cc3)C2)c(=O)[nH]c1=O. The molecule has 5 rings (SSSR count). The number of pyridine rings is 1. The maximum Gasteiger partial charge on any atom is 0.416 e. The van der Waals surface area contributed by atoms with E-state index in [1.54, 1.807) is 24.3 Å². The Morgan fingerprint density at radius 1 is 1.14 bits per heavy atom. The van der Waals surface area contributed by atoms with Crippen molar-refractivity contribution in [1.82, 2.24) is 19.4 Å². The van der Waals surface area contributed by atoms with Gasteiger partial charge in [-0.3, -0.25) is 14.3 Å². The van der Waals surface area contributed by atoms with Gasteiger partial charge in [-0.1, -0.05) is 12.1 Å². The molecule has 1 aliphatic carbocycles. The van der Waals surface area contributed by atoms with Crippen molar-refractivity contribution in [1.29, 1.82) is 5.26 Å². The van der Waals surface area contributed by atoms with E-state index in [-0.39, 0.29) is 16.7 Å². The molecular formula is C25H22F3N5O2. The summed E-state index contributed by atoms with van der Waals surface area (Å²) in [5, 5.41) is 9.29. The number of nitriles is 1. The van der Waals surface area contributed by atoms with Gasteiger partial charge in [0.15, 0.2) is 0 Å². The Bertz CT molecular complexity index is 1420. The van der Waals surface area contributed by atoms with Crippen molar-refractivity contribution in [2.75, 3.05) is 19.6 Å². The number of rotatable bonds is 6. The molecule has 0 bridgehead atoms. The fraction of sp³-hybridized carbons (Fsp3) is 0.360. The molecule has 1 aromatic carbocycles. The van der Waals surface area contributed by atoms with E-state index in [2.05, 4.69) is 14.9 Å². The van der Waals surface area contributed by atoms with Gasteiger partial charge in [0.25, 0.3) is 5.56 Å². The monoisotopic (exact) mass is 481 g/mol. The number of hydrogen-bond acceptors (Lipinski definition) is 5. The average molecular weight is 481 g/mol. The number of halogens is 3. The fourth-order valence-electron chi connectivity index (χ4n) is 5.24. The summed E-state index contributed by atoms with van der Waals surface area (Å²) in [6.45, 7) is 2.74. The van der Waals surface area contributed by atoms with Crippen molar-refractivity contribution < 1.29 is 13.2 Å². The van der Waals surface area contributed by atoms with Gasteiger partial charge in [0, 0.05) is 43.0 Å². The van der Waals surface area contributed by atoms with E-state index in [4.69, 9.17) is 0 Å². The van der Waals surface area contributed by atoms with E-state index in [1.165, 1.54) is 17.0 Å². The van der Waals surface area contributed by atoms with Gasteiger partial charge in [0.2, 0.25) is 0 Å². The zero-order valence-electron chi connectivity index (χ0n) is 18.7. The molecule has 0 amide bonds. The molecule has 0 radical (unpaired) electrons. The highest BCUT2D eigenvalue weighted by Gasteiger charge is 2.60. The highest BCUT2D eigenvalue weighted by molar-refractivity contribution is 5.66. The number of alkyl halides is 3. The number of aromatic amines is 1. The lowest BCUT2D eigenvalue weighted by atomic mass is 9.94. The Labute approximate surface area is 198 Å². The first-order valence-corrected chi connectivity index (χ1v) is 11.3. The lowest BCUT2D eigenvalue weighted by molar-refractivity contribution is -0.137. The van der Waals surface area contributed by atoms with Gasteiger partial charge in [-0.25, -0.2) is 9.78 Å². The predicted molar refractivity (Wildman–Crippen MR) is 122 cm³/mol. The third kappa shape index (κ3) is 4.28. The summed E-state index contributed by atoms with van der Waals surface area (Å²) in [5.41, 5.74) is -0.192. The van der Waals surface area contributed by atoms with Crippen molar-refractivity contribution in [2.24, 2.45) is 5.92 Å². The molecule has 2 fully saturated rings. The number of nitrogens with zero attached hydrogens (tertiary/aromatic N) is 4. The molecule has 1 saturated heterocycles. The zero-order chi connectivity index (χ0) is 24.8. The summed E-state index contributed by atoms with van der Waals surface area (Å²) in [5.74, 6) is 0.427. The van der Waals surface area contributed by atoms with Crippen LogP contribution in [0.4, 0.5) is 13.2 Å². The maximum atomic E-state index is 12.9. The summed E-state index contributed by atoms with van der Waals surface area (Å²) in [6.07, 6.45) is 0.214. The van der Waals surface area contributed by atoms with Gasteiger partial charge in [0.05, 0.1) is 11.1 Å². The van der Waals surface area contributed by atoms with Gasteiger partial charge in [-0.15, -0.1) is 0 Å². The molecule has 180 valence electrons. The molecular weight excluding hydrogens is 459 g/mol. The quantitative estimate of drug-likeness (QED) is 0.584. The molecule has 2 atom stereocenters. The van der Waals surface area contributed by atoms with Gasteiger partial charge in [-0.2, -0.15) is 18.4 Å². The van der Waals surface area contributed by atoms with Crippen LogP contribution in [0.1, 0.15) is 29.7 Å². The number of nitrogens with one attached hydrogen (secondary N) is 1. The second-order valence-corrected chi connectivity index (χ2v) is 9.23. The molecule has 2 aliphatic rings. The van der Waals surface area contributed by atoms with Crippen LogP contribution in [0.2, 0.25) is 0 Å². The summed E-state index contributed by atoms with van der Waals surface area (Å²) in [7, 11) is 0. The van der Waals surface area contributed by atoms with Crippen LogP contribution in [0.15, 0.2) is 58.4 Å². The third-order valence-corrected chi connectivity index (χ3v) is 7.09. The molecule has 3 aromatic rings. The van der Waals surface area contributed by atoms with Crippen LogP contribution in [-0.2, 0) is 18.1 Å². The minimum Gasteiger partial charge on any atom is -0.302 e. The molecule has 35 heavy (non-hydrogen) atoms. The number of aromatic nitrogens is 3. The second-order valence-electron chi connectivity index (χ2n) is 9.23. The van der Waals surface area contributed by atoms with Crippen molar-refractivity contribution in [2.45, 2.75) is 31.0 Å². The smallest absolute Gasteiger partial charge is 0.302 e. The van der Waals surface area contributed by atoms with Crippen LogP contribution in [0, 0.1) is 17.2 Å². The molecule has 2 aromatic heterocycles.